The maximum Gasteiger partial charge on any atom is 0.235 e. The van der Waals surface area contributed by atoms with Gasteiger partial charge in [0.1, 0.15) is 6.04 Å². The van der Waals surface area contributed by atoms with Crippen molar-refractivity contribution in [2.75, 3.05) is 7.05 Å². The molecular formula is C22H18N2O3. The third-order valence-corrected chi connectivity index (χ3v) is 6.01. The molecule has 5 rings (SSSR count). The molecule has 0 radical (unpaired) electrons. The minimum Gasteiger partial charge on any atom is -0.358 e. The maximum absolute atomic E-state index is 13.4. The van der Waals surface area contributed by atoms with Gasteiger partial charge in [0.15, 0.2) is 5.78 Å². The monoisotopic (exact) mass is 358 g/mol. The molecule has 2 aromatic rings. The third kappa shape index (κ3) is 2.08. The van der Waals surface area contributed by atoms with Gasteiger partial charge in [-0.3, -0.25) is 19.3 Å². The van der Waals surface area contributed by atoms with E-state index >= 15 is 0 Å². The summed E-state index contributed by atoms with van der Waals surface area (Å²) < 4.78 is 0. The number of carbonyl (C=O) groups is 3. The van der Waals surface area contributed by atoms with Crippen molar-refractivity contribution < 1.29 is 14.4 Å². The highest BCUT2D eigenvalue weighted by Crippen LogP contribution is 2.52. The van der Waals surface area contributed by atoms with Crippen LogP contribution in [0.1, 0.15) is 27.5 Å². The van der Waals surface area contributed by atoms with E-state index in [1.807, 2.05) is 59.6 Å². The molecule has 134 valence electrons. The van der Waals surface area contributed by atoms with Gasteiger partial charge in [0.2, 0.25) is 11.8 Å². The molecule has 0 spiro atoms. The van der Waals surface area contributed by atoms with E-state index in [1.165, 1.54) is 11.9 Å². The van der Waals surface area contributed by atoms with Crippen molar-refractivity contribution in [3.63, 3.8) is 0 Å². The second-order valence-corrected chi connectivity index (χ2v) is 7.30. The average Bonchev–Trinajstić information content (AvgIpc) is 3.17. The standard InChI is InChI=1S/C22H18N2O3/c1-23-21(26)16-17(22(23)27)19(20(25)14-8-3-2-4-9-14)24-12-11-13-7-5-6-10-15(13)18(16)24/h2-12,16-19H,1H3/t16-,17-,18-,19+/m1/s1. The van der Waals surface area contributed by atoms with E-state index in [0.717, 1.165) is 11.1 Å². The minimum absolute atomic E-state index is 0.117. The fraction of sp³-hybridized carbons (Fsp3) is 0.227. The molecule has 2 fully saturated rings. The van der Waals surface area contributed by atoms with Gasteiger partial charge in [-0.1, -0.05) is 54.6 Å². The van der Waals surface area contributed by atoms with Gasteiger partial charge in [-0.25, -0.2) is 0 Å². The summed E-state index contributed by atoms with van der Waals surface area (Å²) in [6, 6.07) is 15.9. The summed E-state index contributed by atoms with van der Waals surface area (Å²) >= 11 is 0. The van der Waals surface area contributed by atoms with E-state index < -0.39 is 17.9 Å². The first-order chi connectivity index (χ1) is 13.1. The number of imide groups is 1. The van der Waals surface area contributed by atoms with Gasteiger partial charge in [-0.15, -0.1) is 0 Å². The summed E-state index contributed by atoms with van der Waals surface area (Å²) in [5.74, 6) is -1.77. The lowest BCUT2D eigenvalue weighted by Crippen LogP contribution is -2.43. The van der Waals surface area contributed by atoms with Gasteiger partial charge in [0.05, 0.1) is 17.9 Å². The Balaban J connectivity index is 1.67. The number of Topliss-reactive ketones (excluding diaryl/α,β-unsaturated/α-hetero) is 1. The first-order valence-electron chi connectivity index (χ1n) is 9.05. The lowest BCUT2D eigenvalue weighted by atomic mass is 9.83. The first kappa shape index (κ1) is 16.0. The van der Waals surface area contributed by atoms with Gasteiger partial charge in [-0.2, -0.15) is 0 Å². The van der Waals surface area contributed by atoms with E-state index in [-0.39, 0.29) is 23.6 Å². The molecule has 3 aliphatic heterocycles. The summed E-state index contributed by atoms with van der Waals surface area (Å²) in [5, 5.41) is 0. The van der Waals surface area contributed by atoms with Crippen LogP contribution in [-0.4, -0.2) is 40.5 Å². The van der Waals surface area contributed by atoms with Crippen molar-refractivity contribution in [3.05, 3.63) is 77.5 Å². The molecule has 3 aliphatic rings. The fourth-order valence-corrected chi connectivity index (χ4v) is 4.78. The van der Waals surface area contributed by atoms with E-state index in [9.17, 15) is 14.4 Å². The Morgan fingerprint density at radius 3 is 2.33 bits per heavy atom. The highest BCUT2D eigenvalue weighted by molar-refractivity contribution is 6.11. The molecule has 5 nitrogen and oxygen atoms in total. The Bertz CT molecular complexity index is 998. The molecule has 4 atom stereocenters. The highest BCUT2D eigenvalue weighted by atomic mass is 16.2. The molecule has 5 heteroatoms. The Hall–Kier alpha value is -3.21. The fourth-order valence-electron chi connectivity index (χ4n) is 4.78. The summed E-state index contributed by atoms with van der Waals surface area (Å²) in [4.78, 5) is 42.3. The van der Waals surface area contributed by atoms with Crippen LogP contribution in [0.15, 0.2) is 60.8 Å². The first-order valence-corrected chi connectivity index (χ1v) is 9.05. The average molecular weight is 358 g/mol. The highest BCUT2D eigenvalue weighted by Gasteiger charge is 2.63. The predicted molar refractivity (Wildman–Crippen MR) is 99.4 cm³/mol. The van der Waals surface area contributed by atoms with Crippen LogP contribution in [0.4, 0.5) is 0 Å². The molecule has 2 saturated heterocycles. The summed E-state index contributed by atoms with van der Waals surface area (Å²) in [7, 11) is 1.52. The number of fused-ring (bicyclic) bond motifs is 5. The molecule has 0 aromatic heterocycles. The normalized spacial score (nSPS) is 28.2. The van der Waals surface area contributed by atoms with Crippen LogP contribution in [0.25, 0.3) is 6.08 Å². The SMILES string of the molecule is CN1C(=O)[C@@H]2[C@@H](C1=O)[C@H]1c3ccccc3C=CN1[C@@H]2C(=O)c1ccccc1. The molecule has 0 unspecified atom stereocenters. The number of rotatable bonds is 2. The van der Waals surface area contributed by atoms with Crippen LogP contribution in [0.5, 0.6) is 0 Å². The number of ketones is 1. The summed E-state index contributed by atoms with van der Waals surface area (Å²) in [6.45, 7) is 0. The number of carbonyl (C=O) groups excluding carboxylic acids is 3. The van der Waals surface area contributed by atoms with Crippen LogP contribution in [0.3, 0.4) is 0 Å². The Morgan fingerprint density at radius 2 is 1.56 bits per heavy atom. The zero-order valence-electron chi connectivity index (χ0n) is 14.8. The molecule has 0 aliphatic carbocycles. The van der Waals surface area contributed by atoms with E-state index in [0.29, 0.717) is 5.56 Å². The van der Waals surface area contributed by atoms with Crippen LogP contribution >= 0.6 is 0 Å². The van der Waals surface area contributed by atoms with Gasteiger partial charge < -0.3 is 4.90 Å². The zero-order valence-corrected chi connectivity index (χ0v) is 14.8. The van der Waals surface area contributed by atoms with Crippen LogP contribution < -0.4 is 0 Å². The Labute approximate surface area is 156 Å². The maximum atomic E-state index is 13.4. The number of hydrogen-bond donors (Lipinski definition) is 0. The molecule has 0 N–H and O–H groups in total. The Morgan fingerprint density at radius 1 is 0.889 bits per heavy atom. The molecule has 0 bridgehead atoms. The number of hydrogen-bond acceptors (Lipinski definition) is 4. The van der Waals surface area contributed by atoms with Crippen molar-refractivity contribution in [3.8, 4) is 0 Å². The van der Waals surface area contributed by atoms with Crippen molar-refractivity contribution >= 4 is 23.7 Å². The molecule has 0 saturated carbocycles. The van der Waals surface area contributed by atoms with Gasteiger partial charge in [0, 0.05) is 18.8 Å². The number of benzene rings is 2. The lowest BCUT2D eigenvalue weighted by molar-refractivity contribution is -0.139. The van der Waals surface area contributed by atoms with Gasteiger partial charge in [0.25, 0.3) is 0 Å². The quantitative estimate of drug-likeness (QED) is 0.611. The van der Waals surface area contributed by atoms with Gasteiger partial charge >= 0.3 is 0 Å². The minimum atomic E-state index is -0.673. The Kier molecular flexibility index (Phi) is 3.34. The second kappa shape index (κ2) is 5.64. The number of nitrogens with zero attached hydrogens (tertiary/aromatic N) is 2. The van der Waals surface area contributed by atoms with Crippen molar-refractivity contribution in [1.29, 1.82) is 0 Å². The second-order valence-electron chi connectivity index (χ2n) is 7.30. The predicted octanol–water partition coefficient (Wildman–Crippen LogP) is 2.51. The molecular weight excluding hydrogens is 340 g/mol. The molecule has 2 amide bonds. The summed E-state index contributed by atoms with van der Waals surface area (Å²) in [5.41, 5.74) is 2.58. The number of likely N-dealkylation sites (tertiary alicyclic amines) is 1. The van der Waals surface area contributed by atoms with Gasteiger partial charge in [-0.05, 0) is 17.2 Å². The lowest BCUT2D eigenvalue weighted by Gasteiger charge is -2.35. The topological polar surface area (TPSA) is 57.7 Å². The van der Waals surface area contributed by atoms with Crippen molar-refractivity contribution in [2.24, 2.45) is 11.8 Å². The molecule has 3 heterocycles. The van der Waals surface area contributed by atoms with Crippen molar-refractivity contribution in [1.82, 2.24) is 9.80 Å². The third-order valence-electron chi connectivity index (χ3n) is 6.01. The van der Waals surface area contributed by atoms with Crippen LogP contribution in [0.2, 0.25) is 0 Å². The van der Waals surface area contributed by atoms with E-state index in [1.54, 1.807) is 12.1 Å². The smallest absolute Gasteiger partial charge is 0.235 e. The largest absolute Gasteiger partial charge is 0.358 e. The summed E-state index contributed by atoms with van der Waals surface area (Å²) in [6.07, 6.45) is 3.83. The molecule has 2 aromatic carbocycles. The molecule has 27 heavy (non-hydrogen) atoms. The zero-order chi connectivity index (χ0) is 18.7. The van der Waals surface area contributed by atoms with Crippen LogP contribution in [0, 0.1) is 11.8 Å². The van der Waals surface area contributed by atoms with Crippen molar-refractivity contribution in [2.45, 2.75) is 12.1 Å². The number of amides is 2. The van der Waals surface area contributed by atoms with Crippen LogP contribution in [-0.2, 0) is 9.59 Å². The van der Waals surface area contributed by atoms with E-state index in [2.05, 4.69) is 0 Å². The van der Waals surface area contributed by atoms with E-state index in [4.69, 9.17) is 0 Å².